The zero-order chi connectivity index (χ0) is 10.4. The molecule has 0 amide bonds. The molecule has 3 heteroatoms. The molecular weight excluding hydrogens is 174 g/mol. The zero-order valence-electron chi connectivity index (χ0n) is 9.32. The van der Waals surface area contributed by atoms with Crippen molar-refractivity contribution in [1.29, 1.82) is 0 Å². The second-order valence-electron chi connectivity index (χ2n) is 3.85. The maximum atomic E-state index is 3.75. The van der Waals surface area contributed by atoms with Crippen molar-refractivity contribution in [2.45, 2.75) is 25.8 Å². The van der Waals surface area contributed by atoms with Crippen LogP contribution in [0, 0.1) is 0 Å². The summed E-state index contributed by atoms with van der Waals surface area (Å²) in [7, 11) is 2.19. The van der Waals surface area contributed by atoms with Crippen LogP contribution in [0.3, 0.4) is 0 Å². The van der Waals surface area contributed by atoms with Gasteiger partial charge in [0.2, 0.25) is 0 Å². The molecule has 0 aromatic rings. The Balaban J connectivity index is 2.44. The Morgan fingerprint density at radius 1 is 1.50 bits per heavy atom. The number of aliphatic imine (C=N–C) groups is 1. The van der Waals surface area contributed by atoms with Crippen LogP contribution in [-0.2, 0) is 0 Å². The van der Waals surface area contributed by atoms with Gasteiger partial charge < -0.3 is 9.80 Å². The number of likely N-dealkylation sites (tertiary alicyclic amines) is 1. The van der Waals surface area contributed by atoms with Gasteiger partial charge in [-0.2, -0.15) is 0 Å². The summed E-state index contributed by atoms with van der Waals surface area (Å²) in [6, 6.07) is 0.689. The SMILES string of the molecule is C=N/C=C\N(CC)C1CCN(C)CC1. The monoisotopic (exact) mass is 195 g/mol. The largest absolute Gasteiger partial charge is 0.373 e. The highest BCUT2D eigenvalue weighted by atomic mass is 15.2. The molecule has 3 nitrogen and oxygen atoms in total. The van der Waals surface area contributed by atoms with Gasteiger partial charge in [-0.3, -0.25) is 4.99 Å². The van der Waals surface area contributed by atoms with Crippen LogP contribution in [0.25, 0.3) is 0 Å². The molecule has 0 aliphatic carbocycles. The van der Waals surface area contributed by atoms with Crippen molar-refractivity contribution in [3.05, 3.63) is 12.4 Å². The van der Waals surface area contributed by atoms with Crippen LogP contribution in [0.4, 0.5) is 0 Å². The molecule has 0 aromatic carbocycles. The Labute approximate surface area is 87.1 Å². The minimum absolute atomic E-state index is 0.689. The van der Waals surface area contributed by atoms with E-state index >= 15 is 0 Å². The van der Waals surface area contributed by atoms with Crippen molar-refractivity contribution in [1.82, 2.24) is 9.80 Å². The highest BCUT2D eigenvalue weighted by Gasteiger charge is 2.19. The quantitative estimate of drug-likeness (QED) is 0.634. The summed E-state index contributed by atoms with van der Waals surface area (Å²) in [6.45, 7) is 9.10. The van der Waals surface area contributed by atoms with Gasteiger partial charge in [-0.25, -0.2) is 0 Å². The molecule has 1 rings (SSSR count). The summed E-state index contributed by atoms with van der Waals surface area (Å²) >= 11 is 0. The molecule has 1 aliphatic heterocycles. The van der Waals surface area contributed by atoms with Crippen LogP contribution in [0.5, 0.6) is 0 Å². The minimum atomic E-state index is 0.689. The first-order valence-corrected chi connectivity index (χ1v) is 5.34. The maximum absolute atomic E-state index is 3.75. The molecule has 0 aromatic heterocycles. The Hall–Kier alpha value is -0.830. The first kappa shape index (κ1) is 11.2. The van der Waals surface area contributed by atoms with Crippen LogP contribution in [0.1, 0.15) is 19.8 Å². The Kier molecular flexibility index (Phi) is 4.66. The van der Waals surface area contributed by atoms with Gasteiger partial charge in [-0.15, -0.1) is 0 Å². The van der Waals surface area contributed by atoms with Crippen LogP contribution >= 0.6 is 0 Å². The van der Waals surface area contributed by atoms with E-state index in [2.05, 4.69) is 41.7 Å². The Morgan fingerprint density at radius 3 is 2.64 bits per heavy atom. The number of rotatable bonds is 4. The number of hydrogen-bond acceptors (Lipinski definition) is 3. The molecule has 0 atom stereocenters. The number of hydrogen-bond donors (Lipinski definition) is 0. The van der Waals surface area contributed by atoms with Crippen molar-refractivity contribution < 1.29 is 0 Å². The third-order valence-electron chi connectivity index (χ3n) is 2.89. The summed E-state index contributed by atoms with van der Waals surface area (Å²) in [5, 5.41) is 0. The lowest BCUT2D eigenvalue weighted by Crippen LogP contribution is -2.41. The van der Waals surface area contributed by atoms with E-state index in [4.69, 9.17) is 0 Å². The van der Waals surface area contributed by atoms with Gasteiger partial charge in [0.15, 0.2) is 0 Å². The van der Waals surface area contributed by atoms with Gasteiger partial charge in [0, 0.05) is 25.0 Å². The van der Waals surface area contributed by atoms with Gasteiger partial charge in [-0.1, -0.05) is 0 Å². The fraction of sp³-hybridized carbons (Fsp3) is 0.727. The molecular formula is C11H21N3. The molecule has 1 fully saturated rings. The second kappa shape index (κ2) is 5.81. The summed E-state index contributed by atoms with van der Waals surface area (Å²) in [4.78, 5) is 8.50. The lowest BCUT2D eigenvalue weighted by molar-refractivity contribution is 0.165. The van der Waals surface area contributed by atoms with Crippen LogP contribution in [0.2, 0.25) is 0 Å². The third kappa shape index (κ3) is 3.14. The average molecular weight is 195 g/mol. The summed E-state index contributed by atoms with van der Waals surface area (Å²) < 4.78 is 0. The predicted octanol–water partition coefficient (Wildman–Crippen LogP) is 1.57. The van der Waals surface area contributed by atoms with Crippen molar-refractivity contribution in [2.24, 2.45) is 4.99 Å². The Bertz CT molecular complexity index is 193. The smallest absolute Gasteiger partial charge is 0.0419 e. The predicted molar refractivity (Wildman–Crippen MR) is 61.6 cm³/mol. The molecule has 0 N–H and O–H groups in total. The van der Waals surface area contributed by atoms with Crippen LogP contribution in [-0.4, -0.2) is 49.2 Å². The number of nitrogens with zero attached hydrogens (tertiary/aromatic N) is 3. The molecule has 0 bridgehead atoms. The molecule has 0 saturated carbocycles. The molecule has 1 aliphatic rings. The Morgan fingerprint density at radius 2 is 2.14 bits per heavy atom. The van der Waals surface area contributed by atoms with E-state index < -0.39 is 0 Å². The molecule has 80 valence electrons. The van der Waals surface area contributed by atoms with Gasteiger partial charge in [-0.05, 0) is 46.6 Å². The topological polar surface area (TPSA) is 18.8 Å². The molecule has 14 heavy (non-hydrogen) atoms. The summed E-state index contributed by atoms with van der Waals surface area (Å²) in [5.41, 5.74) is 0. The third-order valence-corrected chi connectivity index (χ3v) is 2.89. The highest BCUT2D eigenvalue weighted by molar-refractivity contribution is 5.25. The molecule has 0 spiro atoms. The van der Waals surface area contributed by atoms with E-state index in [0.717, 1.165) is 6.54 Å². The van der Waals surface area contributed by atoms with Crippen molar-refractivity contribution in [2.75, 3.05) is 26.7 Å². The lowest BCUT2D eigenvalue weighted by Gasteiger charge is -2.36. The maximum Gasteiger partial charge on any atom is 0.0419 e. The highest BCUT2D eigenvalue weighted by Crippen LogP contribution is 2.15. The van der Waals surface area contributed by atoms with E-state index in [9.17, 15) is 0 Å². The second-order valence-corrected chi connectivity index (χ2v) is 3.85. The van der Waals surface area contributed by atoms with Crippen molar-refractivity contribution in [3.63, 3.8) is 0 Å². The van der Waals surface area contributed by atoms with E-state index in [1.165, 1.54) is 25.9 Å². The minimum Gasteiger partial charge on any atom is -0.373 e. The van der Waals surface area contributed by atoms with Crippen molar-refractivity contribution in [3.8, 4) is 0 Å². The fourth-order valence-electron chi connectivity index (χ4n) is 1.94. The summed E-state index contributed by atoms with van der Waals surface area (Å²) in [6.07, 6.45) is 6.35. The van der Waals surface area contributed by atoms with E-state index in [-0.39, 0.29) is 0 Å². The van der Waals surface area contributed by atoms with Gasteiger partial charge in [0.1, 0.15) is 0 Å². The first-order chi connectivity index (χ1) is 6.77. The van der Waals surface area contributed by atoms with Crippen LogP contribution in [0.15, 0.2) is 17.4 Å². The van der Waals surface area contributed by atoms with E-state index in [0.29, 0.717) is 6.04 Å². The lowest BCUT2D eigenvalue weighted by atomic mass is 10.0. The standard InChI is InChI=1S/C11H21N3/c1-4-14(10-7-12-2)11-5-8-13(3)9-6-11/h7,10-11H,2,4-6,8-9H2,1,3H3/b10-7-. The average Bonchev–Trinajstić information content (AvgIpc) is 2.21. The number of piperidine rings is 1. The van der Waals surface area contributed by atoms with Gasteiger partial charge in [0.05, 0.1) is 0 Å². The van der Waals surface area contributed by atoms with Gasteiger partial charge >= 0.3 is 0 Å². The van der Waals surface area contributed by atoms with E-state index in [1.54, 1.807) is 6.20 Å². The van der Waals surface area contributed by atoms with Crippen LogP contribution < -0.4 is 0 Å². The molecule has 1 saturated heterocycles. The summed E-state index contributed by atoms with van der Waals surface area (Å²) in [5.74, 6) is 0. The zero-order valence-corrected chi connectivity index (χ0v) is 9.32. The fourth-order valence-corrected chi connectivity index (χ4v) is 1.94. The normalized spacial score (nSPS) is 20.1. The van der Waals surface area contributed by atoms with Crippen molar-refractivity contribution >= 4 is 6.72 Å². The molecule has 0 radical (unpaired) electrons. The van der Waals surface area contributed by atoms with Gasteiger partial charge in [0.25, 0.3) is 0 Å². The molecule has 1 heterocycles. The van der Waals surface area contributed by atoms with E-state index in [1.807, 2.05) is 0 Å². The first-order valence-electron chi connectivity index (χ1n) is 5.34. The molecule has 0 unspecified atom stereocenters.